The molecule has 0 saturated carbocycles. The highest BCUT2D eigenvalue weighted by molar-refractivity contribution is 5.71. The summed E-state index contributed by atoms with van der Waals surface area (Å²) in [6.45, 7) is 1.06. The van der Waals surface area contributed by atoms with E-state index in [1.165, 1.54) is 23.1 Å². The van der Waals surface area contributed by atoms with Crippen LogP contribution in [0.5, 0.6) is 0 Å². The fourth-order valence-electron chi connectivity index (χ4n) is 2.71. The van der Waals surface area contributed by atoms with E-state index in [0.29, 0.717) is 5.56 Å². The number of benzene rings is 1. The second kappa shape index (κ2) is 5.63. The van der Waals surface area contributed by atoms with Crippen LogP contribution in [-0.2, 0) is 4.79 Å². The number of likely N-dealkylation sites (tertiary alicyclic amines) is 1. The van der Waals surface area contributed by atoms with Crippen LogP contribution in [0.15, 0.2) is 24.3 Å². The molecule has 0 amide bonds. The first-order valence-electron chi connectivity index (χ1n) is 6.49. The van der Waals surface area contributed by atoms with E-state index in [9.17, 15) is 22.4 Å². The lowest BCUT2D eigenvalue weighted by atomic mass is 9.96. The first-order chi connectivity index (χ1) is 9.70. The number of carboxylic acid groups (broad SMARTS) is 1. The van der Waals surface area contributed by atoms with Gasteiger partial charge in [0.15, 0.2) is 0 Å². The molecule has 1 saturated heterocycles. The Morgan fingerprint density at radius 3 is 2.52 bits per heavy atom. The highest BCUT2D eigenvalue weighted by Crippen LogP contribution is 2.40. The smallest absolute Gasteiger partial charge is 0.393 e. The van der Waals surface area contributed by atoms with Crippen LogP contribution in [0, 0.1) is 17.7 Å². The monoisotopic (exact) mass is 305 g/mol. The van der Waals surface area contributed by atoms with Gasteiger partial charge in [0.05, 0.1) is 11.8 Å². The maximum absolute atomic E-state index is 13.2. The normalized spacial score (nSPS) is 25.0. The van der Waals surface area contributed by atoms with Gasteiger partial charge >= 0.3 is 12.1 Å². The van der Waals surface area contributed by atoms with Crippen molar-refractivity contribution in [3.05, 3.63) is 35.6 Å². The van der Waals surface area contributed by atoms with Crippen molar-refractivity contribution in [1.29, 1.82) is 0 Å². The maximum atomic E-state index is 13.2. The second-order valence-corrected chi connectivity index (χ2v) is 5.28. The van der Waals surface area contributed by atoms with E-state index >= 15 is 0 Å². The molecule has 3 nitrogen and oxygen atoms in total. The molecule has 2 rings (SSSR count). The summed E-state index contributed by atoms with van der Waals surface area (Å²) in [7, 11) is 0. The molecule has 1 N–H and O–H groups in total. The number of hydrogen-bond acceptors (Lipinski definition) is 2. The van der Waals surface area contributed by atoms with Crippen molar-refractivity contribution in [3.63, 3.8) is 0 Å². The Kier molecular flexibility index (Phi) is 4.22. The number of alkyl halides is 3. The van der Waals surface area contributed by atoms with Crippen molar-refractivity contribution in [2.45, 2.75) is 19.1 Å². The summed E-state index contributed by atoms with van der Waals surface area (Å²) >= 11 is 0. The molecule has 0 bridgehead atoms. The molecule has 1 aliphatic rings. The van der Waals surface area contributed by atoms with Gasteiger partial charge in [-0.15, -0.1) is 0 Å². The molecule has 21 heavy (non-hydrogen) atoms. The third-order valence-corrected chi connectivity index (χ3v) is 3.96. The van der Waals surface area contributed by atoms with Crippen LogP contribution < -0.4 is 0 Å². The molecular weight excluding hydrogens is 290 g/mol. The Labute approximate surface area is 119 Å². The molecule has 1 fully saturated rings. The van der Waals surface area contributed by atoms with Crippen molar-refractivity contribution in [2.75, 3.05) is 13.1 Å². The Morgan fingerprint density at radius 2 is 2.05 bits per heavy atom. The zero-order chi connectivity index (χ0) is 15.8. The van der Waals surface area contributed by atoms with Gasteiger partial charge in [0, 0.05) is 19.1 Å². The largest absolute Gasteiger partial charge is 0.481 e. The van der Waals surface area contributed by atoms with E-state index in [2.05, 4.69) is 0 Å². The van der Waals surface area contributed by atoms with E-state index in [1.807, 2.05) is 0 Å². The molecule has 1 unspecified atom stereocenters. The van der Waals surface area contributed by atoms with E-state index in [4.69, 9.17) is 5.11 Å². The standard InChI is InChI=1S/C14H15F4NO2/c1-8(9-3-2-4-10(15)5-9)19-6-11(13(20)21)12(7-19)14(16,17)18/h2-5,8,11-12H,6-7H2,1H3,(H,20,21)/t8?,11-,12-/m1/s1. The number of carbonyl (C=O) groups is 1. The topological polar surface area (TPSA) is 40.5 Å². The fraction of sp³-hybridized carbons (Fsp3) is 0.500. The van der Waals surface area contributed by atoms with Gasteiger partial charge in [0.1, 0.15) is 5.82 Å². The number of nitrogens with zero attached hydrogens (tertiary/aromatic N) is 1. The molecule has 7 heteroatoms. The average Bonchev–Trinajstić information content (AvgIpc) is 2.83. The second-order valence-electron chi connectivity index (χ2n) is 5.28. The fourth-order valence-corrected chi connectivity index (χ4v) is 2.71. The Bertz CT molecular complexity index is 532. The number of carboxylic acids is 1. The molecule has 0 radical (unpaired) electrons. The highest BCUT2D eigenvalue weighted by Gasteiger charge is 2.53. The van der Waals surface area contributed by atoms with E-state index in [-0.39, 0.29) is 6.54 Å². The number of halogens is 4. The zero-order valence-corrected chi connectivity index (χ0v) is 11.3. The lowest BCUT2D eigenvalue weighted by Gasteiger charge is -2.25. The number of hydrogen-bond donors (Lipinski definition) is 1. The van der Waals surface area contributed by atoms with Crippen LogP contribution >= 0.6 is 0 Å². The minimum absolute atomic E-state index is 0.197. The summed E-state index contributed by atoms with van der Waals surface area (Å²) in [5.41, 5.74) is 0.530. The summed E-state index contributed by atoms with van der Waals surface area (Å²) in [5.74, 6) is -5.31. The molecule has 1 heterocycles. The predicted molar refractivity (Wildman–Crippen MR) is 67.1 cm³/mol. The molecular formula is C14H15F4NO2. The van der Waals surface area contributed by atoms with Gasteiger partial charge in [0.2, 0.25) is 0 Å². The van der Waals surface area contributed by atoms with E-state index in [0.717, 1.165) is 0 Å². The van der Waals surface area contributed by atoms with Gasteiger partial charge in [-0.3, -0.25) is 9.69 Å². The van der Waals surface area contributed by atoms with E-state index in [1.54, 1.807) is 13.0 Å². The lowest BCUT2D eigenvalue weighted by molar-refractivity contribution is -0.188. The Morgan fingerprint density at radius 1 is 1.38 bits per heavy atom. The summed E-state index contributed by atoms with van der Waals surface area (Å²) in [4.78, 5) is 12.5. The molecule has 0 aromatic heterocycles. The van der Waals surface area contributed by atoms with E-state index < -0.39 is 42.4 Å². The molecule has 1 aromatic rings. The lowest BCUT2D eigenvalue weighted by Crippen LogP contribution is -2.33. The van der Waals surface area contributed by atoms with Gasteiger partial charge < -0.3 is 5.11 Å². The van der Waals surface area contributed by atoms with Gasteiger partial charge in [-0.2, -0.15) is 13.2 Å². The molecule has 0 spiro atoms. The molecule has 116 valence electrons. The number of rotatable bonds is 3. The van der Waals surface area contributed by atoms with Crippen molar-refractivity contribution in [1.82, 2.24) is 4.90 Å². The molecule has 0 aliphatic carbocycles. The van der Waals surface area contributed by atoms with Crippen molar-refractivity contribution in [2.24, 2.45) is 11.8 Å². The van der Waals surface area contributed by atoms with Crippen molar-refractivity contribution >= 4 is 5.97 Å². The quantitative estimate of drug-likeness (QED) is 0.873. The van der Waals surface area contributed by atoms with Crippen molar-refractivity contribution < 1.29 is 27.5 Å². The van der Waals surface area contributed by atoms with Crippen LogP contribution in [0.4, 0.5) is 17.6 Å². The van der Waals surface area contributed by atoms with Gasteiger partial charge in [-0.1, -0.05) is 12.1 Å². The van der Waals surface area contributed by atoms with Gasteiger partial charge in [-0.05, 0) is 24.6 Å². The van der Waals surface area contributed by atoms with Crippen LogP contribution in [0.25, 0.3) is 0 Å². The average molecular weight is 305 g/mol. The van der Waals surface area contributed by atoms with Crippen LogP contribution in [-0.4, -0.2) is 35.2 Å². The highest BCUT2D eigenvalue weighted by atomic mass is 19.4. The van der Waals surface area contributed by atoms with Crippen LogP contribution in [0.1, 0.15) is 18.5 Å². The first kappa shape index (κ1) is 15.8. The van der Waals surface area contributed by atoms with Gasteiger partial charge in [-0.25, -0.2) is 4.39 Å². The minimum Gasteiger partial charge on any atom is -0.481 e. The Hall–Kier alpha value is -1.63. The summed E-state index contributed by atoms with van der Waals surface area (Å²) in [5, 5.41) is 8.97. The maximum Gasteiger partial charge on any atom is 0.393 e. The third-order valence-electron chi connectivity index (χ3n) is 3.96. The molecule has 1 aliphatic heterocycles. The predicted octanol–water partition coefficient (Wildman–Crippen LogP) is 3.08. The van der Waals surface area contributed by atoms with Crippen LogP contribution in [0.3, 0.4) is 0 Å². The third kappa shape index (κ3) is 3.34. The summed E-state index contributed by atoms with van der Waals surface area (Å²) in [6.07, 6.45) is -4.56. The zero-order valence-electron chi connectivity index (χ0n) is 11.3. The van der Waals surface area contributed by atoms with Crippen molar-refractivity contribution in [3.8, 4) is 0 Å². The summed E-state index contributed by atoms with van der Waals surface area (Å²) in [6, 6.07) is 5.12. The molecule has 1 aromatic carbocycles. The van der Waals surface area contributed by atoms with Crippen LogP contribution in [0.2, 0.25) is 0 Å². The van der Waals surface area contributed by atoms with Gasteiger partial charge in [0.25, 0.3) is 0 Å². The molecule has 3 atom stereocenters. The Balaban J connectivity index is 2.20. The SMILES string of the molecule is CC(c1cccc(F)c1)N1C[C@@H](C(F)(F)F)[C@H](C(=O)O)C1. The summed E-state index contributed by atoms with van der Waals surface area (Å²) < 4.78 is 52.0. The number of aliphatic carboxylic acids is 1. The minimum atomic E-state index is -4.56. The first-order valence-corrected chi connectivity index (χ1v) is 6.49.